The van der Waals surface area contributed by atoms with E-state index in [0.717, 1.165) is 22.4 Å². The molecule has 0 bridgehead atoms. The molecule has 5 nitrogen and oxygen atoms in total. The molecule has 5 aromatic rings. The van der Waals surface area contributed by atoms with Gasteiger partial charge in [-0.1, -0.05) is 54.6 Å². The van der Waals surface area contributed by atoms with Crippen molar-refractivity contribution in [2.45, 2.75) is 19.6 Å². The summed E-state index contributed by atoms with van der Waals surface area (Å²) in [6.07, 6.45) is 0.644. The number of aromatic nitrogens is 2. The van der Waals surface area contributed by atoms with Crippen molar-refractivity contribution in [1.82, 2.24) is 9.55 Å². The quantitative estimate of drug-likeness (QED) is 0.352. The van der Waals surface area contributed by atoms with E-state index in [-0.39, 0.29) is 11.3 Å². The van der Waals surface area contributed by atoms with Crippen LogP contribution in [0.15, 0.2) is 108 Å². The molecule has 1 N–H and O–H groups in total. The van der Waals surface area contributed by atoms with E-state index in [9.17, 15) is 9.90 Å². The minimum atomic E-state index is -0.0659. The number of para-hydroxylation sites is 1. The van der Waals surface area contributed by atoms with E-state index in [1.807, 2.05) is 91.0 Å². The van der Waals surface area contributed by atoms with E-state index in [4.69, 9.17) is 9.72 Å². The van der Waals surface area contributed by atoms with Gasteiger partial charge in [-0.05, 0) is 66.1 Å². The molecule has 0 spiro atoms. The Kier molecular flexibility index (Phi) is 6.08. The zero-order chi connectivity index (χ0) is 23.3. The number of benzene rings is 4. The zero-order valence-electron chi connectivity index (χ0n) is 18.6. The first-order valence-electron chi connectivity index (χ1n) is 11.2. The molecule has 1 heterocycles. The van der Waals surface area contributed by atoms with Crippen LogP contribution in [0.25, 0.3) is 22.3 Å². The first-order chi connectivity index (χ1) is 16.7. The molecular formula is C29H24N2O3. The lowest BCUT2D eigenvalue weighted by Crippen LogP contribution is -2.24. The molecular weight excluding hydrogens is 424 g/mol. The van der Waals surface area contributed by atoms with Crippen LogP contribution >= 0.6 is 0 Å². The summed E-state index contributed by atoms with van der Waals surface area (Å²) < 4.78 is 7.64. The van der Waals surface area contributed by atoms with Gasteiger partial charge in [0.05, 0.1) is 10.9 Å². The Labute approximate surface area is 197 Å². The van der Waals surface area contributed by atoms with Crippen molar-refractivity contribution in [3.05, 3.63) is 125 Å². The molecule has 5 rings (SSSR count). The lowest BCUT2D eigenvalue weighted by atomic mass is 10.1. The van der Waals surface area contributed by atoms with E-state index in [2.05, 4.69) is 0 Å². The van der Waals surface area contributed by atoms with Gasteiger partial charge in [0.25, 0.3) is 5.56 Å². The second-order valence-corrected chi connectivity index (χ2v) is 8.12. The molecule has 0 atom stereocenters. The Hall–Kier alpha value is -4.38. The molecule has 168 valence electrons. The number of fused-ring (bicyclic) bond motifs is 1. The summed E-state index contributed by atoms with van der Waals surface area (Å²) in [5, 5.41) is 10.1. The van der Waals surface area contributed by atoms with Gasteiger partial charge in [-0.3, -0.25) is 9.36 Å². The highest BCUT2D eigenvalue weighted by Gasteiger charge is 2.13. The Morgan fingerprint density at radius 1 is 0.765 bits per heavy atom. The fourth-order valence-electron chi connectivity index (χ4n) is 3.94. The maximum atomic E-state index is 13.4. The van der Waals surface area contributed by atoms with Gasteiger partial charge in [0.15, 0.2) is 0 Å². The van der Waals surface area contributed by atoms with Crippen molar-refractivity contribution >= 4 is 10.9 Å². The predicted octanol–water partition coefficient (Wildman–Crippen LogP) is 5.59. The summed E-state index contributed by atoms with van der Waals surface area (Å²) in [5.74, 6) is 1.60. The van der Waals surface area contributed by atoms with Crippen molar-refractivity contribution in [2.75, 3.05) is 0 Å². The minimum Gasteiger partial charge on any atom is -0.508 e. The number of phenols is 1. The highest BCUT2D eigenvalue weighted by Crippen LogP contribution is 2.23. The van der Waals surface area contributed by atoms with Crippen LogP contribution in [-0.2, 0) is 19.6 Å². The van der Waals surface area contributed by atoms with Crippen molar-refractivity contribution in [2.24, 2.45) is 0 Å². The Bertz CT molecular complexity index is 1460. The Morgan fingerprint density at radius 3 is 2.24 bits per heavy atom. The van der Waals surface area contributed by atoms with Crippen molar-refractivity contribution in [3.63, 3.8) is 0 Å². The van der Waals surface area contributed by atoms with Crippen LogP contribution in [0, 0.1) is 0 Å². The largest absolute Gasteiger partial charge is 0.508 e. The van der Waals surface area contributed by atoms with Gasteiger partial charge in [-0.2, -0.15) is 0 Å². The van der Waals surface area contributed by atoms with E-state index in [1.54, 1.807) is 16.7 Å². The summed E-state index contributed by atoms with van der Waals surface area (Å²) >= 11 is 0. The number of nitrogens with zero attached hydrogens (tertiary/aromatic N) is 2. The number of aromatic hydroxyl groups is 1. The molecule has 0 radical (unpaired) electrons. The molecule has 0 saturated heterocycles. The van der Waals surface area contributed by atoms with Crippen LogP contribution < -0.4 is 10.3 Å². The van der Waals surface area contributed by atoms with Crippen LogP contribution in [0.5, 0.6) is 11.5 Å². The van der Waals surface area contributed by atoms with Crippen molar-refractivity contribution < 1.29 is 9.84 Å². The second-order valence-electron chi connectivity index (χ2n) is 8.12. The smallest absolute Gasteiger partial charge is 0.261 e. The molecule has 0 saturated carbocycles. The number of hydrogen-bond donors (Lipinski definition) is 1. The molecule has 4 aromatic carbocycles. The number of phenolic OH excluding ortho intramolecular Hbond substituents is 1. The van der Waals surface area contributed by atoms with Gasteiger partial charge in [0.1, 0.15) is 23.9 Å². The molecule has 0 fully saturated rings. The van der Waals surface area contributed by atoms with Gasteiger partial charge < -0.3 is 9.84 Å². The summed E-state index contributed by atoms with van der Waals surface area (Å²) in [7, 11) is 0. The summed E-state index contributed by atoms with van der Waals surface area (Å²) in [6.45, 7) is 0.967. The van der Waals surface area contributed by atoms with Gasteiger partial charge in [-0.25, -0.2) is 4.98 Å². The minimum absolute atomic E-state index is 0.0659. The molecule has 0 aliphatic carbocycles. The normalized spacial score (nSPS) is 10.9. The maximum Gasteiger partial charge on any atom is 0.261 e. The van der Waals surface area contributed by atoms with Gasteiger partial charge in [0.2, 0.25) is 0 Å². The summed E-state index contributed by atoms with van der Waals surface area (Å²) in [6, 6.07) is 32.2. The standard InChI is InChI=1S/C29H24N2O3/c32-24-14-10-21(11-15-24)18-19-31-28(30-27-9-5-4-8-26(27)29(31)33)23-12-16-25(17-13-23)34-20-22-6-2-1-3-7-22/h1-17,32H,18-20H2. The first kappa shape index (κ1) is 21.5. The van der Waals surface area contributed by atoms with E-state index >= 15 is 0 Å². The SMILES string of the molecule is O=c1c2ccccc2nc(-c2ccc(OCc3ccccc3)cc2)n1CCc1ccc(O)cc1. The fourth-order valence-corrected chi connectivity index (χ4v) is 3.94. The number of aryl methyl sites for hydroxylation is 1. The molecule has 0 amide bonds. The third-order valence-electron chi connectivity index (χ3n) is 5.78. The first-order valence-corrected chi connectivity index (χ1v) is 11.2. The number of ether oxygens (including phenoxy) is 1. The molecule has 34 heavy (non-hydrogen) atoms. The molecule has 0 unspecified atom stereocenters. The molecule has 0 aliphatic rings. The van der Waals surface area contributed by atoms with Crippen molar-refractivity contribution in [1.29, 1.82) is 0 Å². The molecule has 1 aromatic heterocycles. The van der Waals surface area contributed by atoms with Crippen molar-refractivity contribution in [3.8, 4) is 22.9 Å². The third-order valence-corrected chi connectivity index (χ3v) is 5.78. The average Bonchev–Trinajstić information content (AvgIpc) is 2.89. The van der Waals surface area contributed by atoms with E-state index < -0.39 is 0 Å². The zero-order valence-corrected chi connectivity index (χ0v) is 18.6. The van der Waals surface area contributed by atoms with E-state index in [0.29, 0.717) is 36.3 Å². The van der Waals surface area contributed by atoms with Crippen LogP contribution in [0.4, 0.5) is 0 Å². The van der Waals surface area contributed by atoms with Crippen LogP contribution in [0.3, 0.4) is 0 Å². The molecule has 0 aliphatic heterocycles. The fraction of sp³-hybridized carbons (Fsp3) is 0.103. The van der Waals surface area contributed by atoms with E-state index in [1.165, 1.54) is 0 Å². The molecule has 5 heteroatoms. The Balaban J connectivity index is 1.45. The lowest BCUT2D eigenvalue weighted by molar-refractivity contribution is 0.306. The predicted molar refractivity (Wildman–Crippen MR) is 134 cm³/mol. The third kappa shape index (κ3) is 4.69. The van der Waals surface area contributed by atoms with Crippen LogP contribution in [0.1, 0.15) is 11.1 Å². The average molecular weight is 449 g/mol. The van der Waals surface area contributed by atoms with Gasteiger partial charge in [0, 0.05) is 12.1 Å². The Morgan fingerprint density at radius 2 is 1.47 bits per heavy atom. The van der Waals surface area contributed by atoms with Gasteiger partial charge >= 0.3 is 0 Å². The second kappa shape index (κ2) is 9.63. The lowest BCUT2D eigenvalue weighted by Gasteiger charge is -2.14. The topological polar surface area (TPSA) is 64.3 Å². The number of rotatable bonds is 7. The van der Waals surface area contributed by atoms with Crippen LogP contribution in [-0.4, -0.2) is 14.7 Å². The monoisotopic (exact) mass is 448 g/mol. The number of hydrogen-bond acceptors (Lipinski definition) is 4. The summed E-state index contributed by atoms with van der Waals surface area (Å²) in [4.78, 5) is 18.2. The highest BCUT2D eigenvalue weighted by atomic mass is 16.5. The maximum absolute atomic E-state index is 13.4. The highest BCUT2D eigenvalue weighted by molar-refractivity contribution is 5.79. The summed E-state index contributed by atoms with van der Waals surface area (Å²) in [5.41, 5.74) is 3.59. The van der Waals surface area contributed by atoms with Gasteiger partial charge in [-0.15, -0.1) is 0 Å². The van der Waals surface area contributed by atoms with Crippen LogP contribution in [0.2, 0.25) is 0 Å².